The van der Waals surface area contributed by atoms with Gasteiger partial charge in [0.05, 0.1) is 22.9 Å². The van der Waals surface area contributed by atoms with Crippen LogP contribution < -0.4 is 10.6 Å². The topological polar surface area (TPSA) is 61.4 Å². The highest BCUT2D eigenvalue weighted by Crippen LogP contribution is 2.36. The number of amides is 2. The van der Waals surface area contributed by atoms with Gasteiger partial charge in [-0.05, 0) is 36.1 Å². The number of aliphatic hydroxyl groups is 1. The molecule has 22 heavy (non-hydrogen) atoms. The molecular weight excluding hydrogens is 300 g/mol. The zero-order chi connectivity index (χ0) is 15.6. The largest absolute Gasteiger partial charge is 0.394 e. The number of anilines is 1. The molecule has 5 heteroatoms. The van der Waals surface area contributed by atoms with Crippen molar-refractivity contribution in [3.63, 3.8) is 0 Å². The molecule has 0 saturated carbocycles. The van der Waals surface area contributed by atoms with E-state index in [9.17, 15) is 9.90 Å². The average Bonchev–Trinajstić information content (AvgIpc) is 2.89. The lowest BCUT2D eigenvalue weighted by molar-refractivity contribution is 0.164. The van der Waals surface area contributed by atoms with Crippen LogP contribution in [-0.4, -0.2) is 17.7 Å². The summed E-state index contributed by atoms with van der Waals surface area (Å²) in [6, 6.07) is 14.5. The molecule has 0 spiro atoms. The van der Waals surface area contributed by atoms with Gasteiger partial charge in [-0.3, -0.25) is 0 Å². The summed E-state index contributed by atoms with van der Waals surface area (Å²) in [7, 11) is 0. The van der Waals surface area contributed by atoms with Crippen LogP contribution in [0.15, 0.2) is 48.5 Å². The van der Waals surface area contributed by atoms with E-state index in [4.69, 9.17) is 11.6 Å². The Balaban J connectivity index is 1.80. The Morgan fingerprint density at radius 1 is 1.18 bits per heavy atom. The molecule has 4 nitrogen and oxygen atoms in total. The van der Waals surface area contributed by atoms with Gasteiger partial charge in [0.2, 0.25) is 0 Å². The van der Waals surface area contributed by atoms with Gasteiger partial charge < -0.3 is 15.7 Å². The van der Waals surface area contributed by atoms with Crippen LogP contribution in [0.5, 0.6) is 0 Å². The Morgan fingerprint density at radius 3 is 2.68 bits per heavy atom. The number of rotatable bonds is 3. The highest BCUT2D eigenvalue weighted by molar-refractivity contribution is 6.33. The Bertz CT molecular complexity index is 705. The van der Waals surface area contributed by atoms with E-state index in [1.165, 1.54) is 0 Å². The third kappa shape index (κ3) is 2.67. The Kier molecular flexibility index (Phi) is 4.05. The molecule has 3 N–H and O–H groups in total. The summed E-state index contributed by atoms with van der Waals surface area (Å²) in [4.78, 5) is 12.3. The van der Waals surface area contributed by atoms with Crippen molar-refractivity contribution in [2.24, 2.45) is 0 Å². The van der Waals surface area contributed by atoms with Crippen LogP contribution in [0.1, 0.15) is 17.5 Å². The molecule has 2 aromatic rings. The van der Waals surface area contributed by atoms with Crippen LogP contribution in [0.2, 0.25) is 5.02 Å². The lowest BCUT2D eigenvalue weighted by Gasteiger charge is -2.29. The Hall–Kier alpha value is -2.04. The number of para-hydroxylation sites is 1. The van der Waals surface area contributed by atoms with Gasteiger partial charge >= 0.3 is 6.03 Å². The second kappa shape index (κ2) is 5.99. The first kappa shape index (κ1) is 14.9. The summed E-state index contributed by atoms with van der Waals surface area (Å²) in [5, 5.41) is 16.0. The van der Waals surface area contributed by atoms with Gasteiger partial charge in [-0.25, -0.2) is 4.79 Å². The van der Waals surface area contributed by atoms with Crippen LogP contribution in [0.3, 0.4) is 0 Å². The molecule has 2 amide bonds. The Labute approximate surface area is 134 Å². The van der Waals surface area contributed by atoms with Crippen LogP contribution in [0.25, 0.3) is 0 Å². The predicted molar refractivity (Wildman–Crippen MR) is 87.1 cm³/mol. The molecule has 0 saturated heterocycles. The number of nitrogens with one attached hydrogen (secondary N) is 2. The fourth-order valence-electron chi connectivity index (χ4n) is 2.95. The molecule has 3 rings (SSSR count). The van der Waals surface area contributed by atoms with Crippen LogP contribution >= 0.6 is 11.6 Å². The lowest BCUT2D eigenvalue weighted by Crippen LogP contribution is -2.48. The second-order valence-corrected chi connectivity index (χ2v) is 5.86. The number of fused-ring (bicyclic) bond motifs is 1. The molecule has 0 aromatic heterocycles. The van der Waals surface area contributed by atoms with E-state index in [-0.39, 0.29) is 12.6 Å². The normalized spacial score (nSPS) is 19.5. The average molecular weight is 317 g/mol. The number of hydrogen-bond donors (Lipinski definition) is 3. The van der Waals surface area contributed by atoms with Crippen molar-refractivity contribution in [3.05, 3.63) is 64.7 Å². The highest BCUT2D eigenvalue weighted by Gasteiger charge is 2.39. The van der Waals surface area contributed by atoms with E-state index in [0.717, 1.165) is 17.5 Å². The van der Waals surface area contributed by atoms with Crippen molar-refractivity contribution in [1.82, 2.24) is 5.32 Å². The van der Waals surface area contributed by atoms with Crippen molar-refractivity contribution >= 4 is 23.3 Å². The number of hydrogen-bond acceptors (Lipinski definition) is 2. The standard InChI is InChI=1S/C17H17ClN2O2/c18-14-7-3-4-8-15(14)19-16(22)20-17(11-21)10-9-12-5-1-2-6-13(12)17/h1-8,21H,9-11H2,(H2,19,20,22). The van der Waals surface area contributed by atoms with Crippen molar-refractivity contribution in [2.45, 2.75) is 18.4 Å². The summed E-state index contributed by atoms with van der Waals surface area (Å²) < 4.78 is 0. The first-order valence-corrected chi connectivity index (χ1v) is 7.55. The van der Waals surface area contributed by atoms with Crippen molar-refractivity contribution in [2.75, 3.05) is 11.9 Å². The maximum absolute atomic E-state index is 12.3. The van der Waals surface area contributed by atoms with E-state index in [2.05, 4.69) is 10.6 Å². The lowest BCUT2D eigenvalue weighted by atomic mass is 9.93. The zero-order valence-electron chi connectivity index (χ0n) is 12.0. The van der Waals surface area contributed by atoms with E-state index in [1.54, 1.807) is 24.3 Å². The molecule has 0 aliphatic heterocycles. The third-order valence-corrected chi connectivity index (χ3v) is 4.43. The maximum atomic E-state index is 12.3. The number of carbonyl (C=O) groups excluding carboxylic acids is 1. The molecule has 2 aromatic carbocycles. The number of benzene rings is 2. The minimum atomic E-state index is -0.734. The molecule has 1 atom stereocenters. The number of halogens is 1. The smallest absolute Gasteiger partial charge is 0.320 e. The zero-order valence-corrected chi connectivity index (χ0v) is 12.7. The first-order valence-electron chi connectivity index (χ1n) is 7.17. The van der Waals surface area contributed by atoms with E-state index in [1.807, 2.05) is 24.3 Å². The first-order chi connectivity index (χ1) is 10.6. The minimum Gasteiger partial charge on any atom is -0.394 e. The molecule has 1 aliphatic carbocycles. The van der Waals surface area contributed by atoms with Gasteiger partial charge in [0.25, 0.3) is 0 Å². The van der Waals surface area contributed by atoms with Crippen LogP contribution in [0, 0.1) is 0 Å². The molecule has 0 bridgehead atoms. The summed E-state index contributed by atoms with van der Waals surface area (Å²) in [6.45, 7) is -0.139. The molecule has 0 radical (unpaired) electrons. The van der Waals surface area contributed by atoms with Gasteiger partial charge in [-0.1, -0.05) is 48.0 Å². The van der Waals surface area contributed by atoms with E-state index < -0.39 is 5.54 Å². The monoisotopic (exact) mass is 316 g/mol. The van der Waals surface area contributed by atoms with Gasteiger partial charge in [-0.2, -0.15) is 0 Å². The molecular formula is C17H17ClN2O2. The molecule has 1 unspecified atom stereocenters. The predicted octanol–water partition coefficient (Wildman–Crippen LogP) is 3.30. The van der Waals surface area contributed by atoms with E-state index in [0.29, 0.717) is 17.1 Å². The SMILES string of the molecule is O=C(Nc1ccccc1Cl)NC1(CO)CCc2ccccc21. The third-order valence-electron chi connectivity index (χ3n) is 4.10. The van der Waals surface area contributed by atoms with Gasteiger partial charge in [-0.15, -0.1) is 0 Å². The summed E-state index contributed by atoms with van der Waals surface area (Å²) >= 11 is 6.04. The molecule has 114 valence electrons. The fourth-order valence-corrected chi connectivity index (χ4v) is 3.14. The van der Waals surface area contributed by atoms with Crippen LogP contribution in [0.4, 0.5) is 10.5 Å². The number of urea groups is 1. The molecule has 0 heterocycles. The van der Waals surface area contributed by atoms with Crippen molar-refractivity contribution in [1.29, 1.82) is 0 Å². The van der Waals surface area contributed by atoms with Gasteiger partial charge in [0.1, 0.15) is 0 Å². The molecule has 0 fully saturated rings. The maximum Gasteiger partial charge on any atom is 0.320 e. The van der Waals surface area contributed by atoms with Crippen molar-refractivity contribution in [3.8, 4) is 0 Å². The second-order valence-electron chi connectivity index (χ2n) is 5.46. The van der Waals surface area contributed by atoms with E-state index >= 15 is 0 Å². The number of carbonyl (C=O) groups is 1. The quantitative estimate of drug-likeness (QED) is 0.813. The van der Waals surface area contributed by atoms with Gasteiger partial charge in [0, 0.05) is 0 Å². The fraction of sp³-hybridized carbons (Fsp3) is 0.235. The summed E-state index contributed by atoms with van der Waals surface area (Å²) in [6.07, 6.45) is 1.52. The minimum absolute atomic E-state index is 0.139. The van der Waals surface area contributed by atoms with Crippen molar-refractivity contribution < 1.29 is 9.90 Å². The highest BCUT2D eigenvalue weighted by atomic mass is 35.5. The van der Waals surface area contributed by atoms with Crippen LogP contribution in [-0.2, 0) is 12.0 Å². The summed E-state index contributed by atoms with van der Waals surface area (Å²) in [5.74, 6) is 0. The number of aliphatic hydroxyl groups excluding tert-OH is 1. The van der Waals surface area contributed by atoms with Gasteiger partial charge in [0.15, 0.2) is 0 Å². The number of aryl methyl sites for hydroxylation is 1. The Morgan fingerprint density at radius 2 is 1.91 bits per heavy atom. The molecule has 1 aliphatic rings. The summed E-state index contributed by atoms with van der Waals surface area (Å²) in [5.41, 5.74) is 1.95.